The van der Waals surface area contributed by atoms with Gasteiger partial charge < -0.3 is 5.11 Å². The van der Waals surface area contributed by atoms with E-state index in [1.54, 1.807) is 0 Å². The van der Waals surface area contributed by atoms with E-state index in [0.29, 0.717) is 10.6 Å². The van der Waals surface area contributed by atoms with E-state index in [0.717, 1.165) is 17.4 Å². The fourth-order valence-corrected chi connectivity index (χ4v) is 3.62. The molecule has 0 bridgehead atoms. The number of nitrogens with one attached hydrogen (secondary N) is 1. The van der Waals surface area contributed by atoms with E-state index in [1.807, 2.05) is 0 Å². The Balaban J connectivity index is 1.85. The molecule has 0 radical (unpaired) electrons. The predicted octanol–water partition coefficient (Wildman–Crippen LogP) is 3.02. The molecule has 124 valence electrons. The number of nitrogens with zero attached hydrogens (tertiary/aromatic N) is 1. The Bertz CT molecular complexity index is 847. The number of ketones is 1. The monoisotopic (exact) mass is 368 g/mol. The van der Waals surface area contributed by atoms with Gasteiger partial charge in [0, 0.05) is 12.8 Å². The van der Waals surface area contributed by atoms with E-state index in [1.165, 1.54) is 12.1 Å². The van der Waals surface area contributed by atoms with E-state index < -0.39 is 23.6 Å². The summed E-state index contributed by atoms with van der Waals surface area (Å²) in [6, 6.07) is 3.86. The van der Waals surface area contributed by atoms with E-state index in [2.05, 4.69) is 10.3 Å². The van der Waals surface area contributed by atoms with Crippen molar-refractivity contribution >= 4 is 45.7 Å². The molecule has 1 aliphatic carbocycles. The zero-order valence-corrected chi connectivity index (χ0v) is 13.6. The first kappa shape index (κ1) is 16.5. The van der Waals surface area contributed by atoms with Crippen molar-refractivity contribution < 1.29 is 23.9 Å². The molecule has 2 N–H and O–H groups in total. The number of rotatable bonds is 3. The third-order valence-corrected chi connectivity index (χ3v) is 4.95. The fraction of sp³-hybridized carbons (Fsp3) is 0.200. The van der Waals surface area contributed by atoms with E-state index in [4.69, 9.17) is 16.7 Å². The molecule has 0 saturated heterocycles. The number of carbonyl (C=O) groups excluding carboxylic acids is 2. The van der Waals surface area contributed by atoms with Crippen LogP contribution in [0.1, 0.15) is 32.1 Å². The summed E-state index contributed by atoms with van der Waals surface area (Å²) in [5.41, 5.74) is 0.0145. The summed E-state index contributed by atoms with van der Waals surface area (Å²) in [7, 11) is 0. The summed E-state index contributed by atoms with van der Waals surface area (Å²) >= 11 is 6.77. The minimum absolute atomic E-state index is 0.0455. The molecule has 1 unspecified atom stereocenters. The van der Waals surface area contributed by atoms with Gasteiger partial charge in [0.05, 0.1) is 27.1 Å². The predicted molar refractivity (Wildman–Crippen MR) is 85.3 cm³/mol. The molecular weight excluding hydrogens is 359 g/mol. The summed E-state index contributed by atoms with van der Waals surface area (Å²) in [6.45, 7) is 0. The number of hydrogen-bond donors (Lipinski definition) is 2. The minimum Gasteiger partial charge on any atom is -0.481 e. The molecule has 2 aromatic rings. The van der Waals surface area contributed by atoms with Gasteiger partial charge in [0.1, 0.15) is 5.82 Å². The maximum atomic E-state index is 13.8. The lowest BCUT2D eigenvalue weighted by Crippen LogP contribution is -2.25. The Hall–Kier alpha value is -2.32. The summed E-state index contributed by atoms with van der Waals surface area (Å²) in [4.78, 5) is 39.6. The molecule has 24 heavy (non-hydrogen) atoms. The molecule has 0 spiro atoms. The largest absolute Gasteiger partial charge is 0.481 e. The van der Waals surface area contributed by atoms with Crippen LogP contribution in [0, 0.1) is 11.7 Å². The van der Waals surface area contributed by atoms with Crippen LogP contribution in [-0.2, 0) is 11.2 Å². The van der Waals surface area contributed by atoms with Gasteiger partial charge in [0.25, 0.3) is 5.91 Å². The molecule has 9 heteroatoms. The Morgan fingerprint density at radius 2 is 2.12 bits per heavy atom. The van der Waals surface area contributed by atoms with E-state index >= 15 is 0 Å². The third-order valence-electron chi connectivity index (χ3n) is 3.58. The fourth-order valence-electron chi connectivity index (χ4n) is 2.43. The second-order valence-corrected chi connectivity index (χ2v) is 6.62. The second-order valence-electron chi connectivity index (χ2n) is 5.21. The van der Waals surface area contributed by atoms with Gasteiger partial charge in [-0.15, -0.1) is 0 Å². The first-order valence-electron chi connectivity index (χ1n) is 6.88. The van der Waals surface area contributed by atoms with Crippen molar-refractivity contribution in [1.82, 2.24) is 4.98 Å². The highest BCUT2D eigenvalue weighted by atomic mass is 35.5. The lowest BCUT2D eigenvalue weighted by atomic mass is 9.90. The summed E-state index contributed by atoms with van der Waals surface area (Å²) in [5.74, 6) is -3.78. The lowest BCUT2D eigenvalue weighted by Gasteiger charge is -2.15. The van der Waals surface area contributed by atoms with Crippen LogP contribution in [-0.4, -0.2) is 27.8 Å². The topological polar surface area (TPSA) is 96.4 Å². The first-order valence-corrected chi connectivity index (χ1v) is 8.07. The summed E-state index contributed by atoms with van der Waals surface area (Å²) in [6.07, 6.45) is 0.0142. The van der Waals surface area contributed by atoms with Gasteiger partial charge in [0.15, 0.2) is 10.9 Å². The number of carbonyl (C=O) groups is 3. The van der Waals surface area contributed by atoms with Crippen molar-refractivity contribution in [3.8, 4) is 0 Å². The highest BCUT2D eigenvalue weighted by Crippen LogP contribution is 2.33. The second kappa shape index (κ2) is 6.29. The third kappa shape index (κ3) is 3.02. The number of anilines is 1. The molecule has 1 aliphatic rings. The smallest absolute Gasteiger partial charge is 0.307 e. The normalized spacial score (nSPS) is 16.6. The van der Waals surface area contributed by atoms with Crippen LogP contribution in [0.15, 0.2) is 18.2 Å². The maximum absolute atomic E-state index is 13.8. The van der Waals surface area contributed by atoms with Crippen LogP contribution >= 0.6 is 22.9 Å². The average Bonchev–Trinajstić information content (AvgIpc) is 2.89. The minimum atomic E-state index is -1.06. The van der Waals surface area contributed by atoms with Gasteiger partial charge in [0.2, 0.25) is 0 Å². The number of Topliss-reactive ketones (excluding diaryl/α,β-unsaturated/α-hetero) is 1. The molecule has 0 saturated carbocycles. The Morgan fingerprint density at radius 1 is 1.38 bits per heavy atom. The summed E-state index contributed by atoms with van der Waals surface area (Å²) in [5, 5.41) is 11.5. The molecule has 6 nitrogen and oxygen atoms in total. The first-order chi connectivity index (χ1) is 11.4. The average molecular weight is 369 g/mol. The number of amides is 1. The molecular formula is C15H10ClFN2O4S. The molecule has 1 aromatic heterocycles. The number of carboxylic acids is 1. The lowest BCUT2D eigenvalue weighted by molar-refractivity contribution is -0.141. The van der Waals surface area contributed by atoms with Crippen LogP contribution in [0.4, 0.5) is 9.52 Å². The van der Waals surface area contributed by atoms with Gasteiger partial charge in [-0.25, -0.2) is 9.37 Å². The number of benzene rings is 1. The SMILES string of the molecule is O=C1CC(C(=O)O)Cc2nc(NC(=O)c3c(F)cccc3Cl)sc21. The molecule has 1 heterocycles. The number of halogens is 2. The molecule has 1 amide bonds. The van der Waals surface area contributed by atoms with Crippen molar-refractivity contribution in [3.63, 3.8) is 0 Å². The number of aliphatic carboxylic acids is 1. The quantitative estimate of drug-likeness (QED) is 0.868. The van der Waals surface area contributed by atoms with E-state index in [-0.39, 0.29) is 34.3 Å². The number of carboxylic acid groups (broad SMARTS) is 1. The molecule has 3 rings (SSSR count). The number of fused-ring (bicyclic) bond motifs is 1. The van der Waals surface area contributed by atoms with Crippen molar-refractivity contribution in [1.29, 1.82) is 0 Å². The Labute approximate surface area is 144 Å². The highest BCUT2D eigenvalue weighted by Gasteiger charge is 2.33. The zero-order valence-electron chi connectivity index (χ0n) is 12.0. The van der Waals surface area contributed by atoms with Crippen LogP contribution in [0.5, 0.6) is 0 Å². The van der Waals surface area contributed by atoms with Gasteiger partial charge in [-0.1, -0.05) is 29.0 Å². The van der Waals surface area contributed by atoms with Crippen molar-refractivity contribution in [2.45, 2.75) is 12.8 Å². The summed E-state index contributed by atoms with van der Waals surface area (Å²) < 4.78 is 13.8. The Morgan fingerprint density at radius 3 is 2.79 bits per heavy atom. The highest BCUT2D eigenvalue weighted by molar-refractivity contribution is 7.17. The van der Waals surface area contributed by atoms with Gasteiger partial charge in [-0.2, -0.15) is 0 Å². The standard InChI is InChI=1S/C15H10ClFN2O4S/c16-7-2-1-3-8(17)11(7)13(21)19-15-18-9-4-6(14(22)23)5-10(20)12(9)24-15/h1-3,6H,4-5H2,(H,22,23)(H,18,19,21). The van der Waals surface area contributed by atoms with Crippen LogP contribution in [0.3, 0.4) is 0 Å². The van der Waals surface area contributed by atoms with Crippen molar-refractivity contribution in [2.24, 2.45) is 5.92 Å². The zero-order chi connectivity index (χ0) is 17.4. The molecule has 0 fully saturated rings. The maximum Gasteiger partial charge on any atom is 0.307 e. The van der Waals surface area contributed by atoms with Crippen molar-refractivity contribution in [2.75, 3.05) is 5.32 Å². The number of hydrogen-bond acceptors (Lipinski definition) is 5. The van der Waals surface area contributed by atoms with Crippen LogP contribution in [0.25, 0.3) is 0 Å². The van der Waals surface area contributed by atoms with Crippen LogP contribution < -0.4 is 5.32 Å². The Kier molecular flexibility index (Phi) is 4.33. The molecule has 1 atom stereocenters. The van der Waals surface area contributed by atoms with Crippen LogP contribution in [0.2, 0.25) is 5.02 Å². The molecule has 1 aromatic carbocycles. The molecule has 0 aliphatic heterocycles. The number of aromatic nitrogens is 1. The van der Waals surface area contributed by atoms with Crippen molar-refractivity contribution in [3.05, 3.63) is 45.2 Å². The van der Waals surface area contributed by atoms with E-state index in [9.17, 15) is 18.8 Å². The van der Waals surface area contributed by atoms with Gasteiger partial charge in [-0.3, -0.25) is 19.7 Å². The number of thiazole rings is 1. The van der Waals surface area contributed by atoms with Gasteiger partial charge in [-0.05, 0) is 12.1 Å². The van der Waals surface area contributed by atoms with Gasteiger partial charge >= 0.3 is 5.97 Å².